The van der Waals surface area contributed by atoms with Crippen molar-refractivity contribution in [3.05, 3.63) is 54.2 Å². The maximum Gasteiger partial charge on any atom is 1.00 e. The van der Waals surface area contributed by atoms with E-state index in [0.29, 0.717) is 0 Å². The second-order valence-electron chi connectivity index (χ2n) is 9.29. The first-order valence-electron chi connectivity index (χ1n) is 12.9. The molecule has 0 bridgehead atoms. The summed E-state index contributed by atoms with van der Waals surface area (Å²) in [7, 11) is 0. The zero-order valence-corrected chi connectivity index (χ0v) is 43.8. The van der Waals surface area contributed by atoms with Crippen LogP contribution in [0.1, 0.15) is 10.6 Å². The number of carboxylic acids is 5. The summed E-state index contributed by atoms with van der Waals surface area (Å²) in [6, 6.07) is 6.82. The number of nitrogens with zero attached hydrogens (tertiary/aromatic N) is 3. The zero-order chi connectivity index (χ0) is 33.5. The molecule has 0 unspecified atom stereocenters. The van der Waals surface area contributed by atoms with Gasteiger partial charge in [-0.3, -0.25) is 0 Å². The molecule has 0 aliphatic heterocycles. The van der Waals surface area contributed by atoms with Crippen molar-refractivity contribution in [2.24, 2.45) is 0 Å². The van der Waals surface area contributed by atoms with Gasteiger partial charge in [0.05, 0.1) is 67.6 Å². The molecule has 0 saturated carbocycles. The minimum atomic E-state index is -1.65. The predicted molar refractivity (Wildman–Crippen MR) is 138 cm³/mol. The number of benzene rings is 2. The van der Waals surface area contributed by atoms with E-state index in [4.69, 9.17) is 18.3 Å². The third-order valence-corrected chi connectivity index (χ3v) is 6.00. The molecule has 2 heterocycles. The molecule has 2 aromatic heterocycles. The summed E-state index contributed by atoms with van der Waals surface area (Å²) in [5.41, 5.74) is -0.190. The maximum atomic E-state index is 14.0. The van der Waals surface area contributed by atoms with Gasteiger partial charge in [0.25, 0.3) is 5.89 Å². The zero-order valence-electron chi connectivity index (χ0n) is 28.2. The van der Waals surface area contributed by atoms with Gasteiger partial charge in [-0.1, -0.05) is 0 Å². The first-order chi connectivity index (χ1) is 21.8. The van der Waals surface area contributed by atoms with Crippen LogP contribution in [-0.2, 0) is 19.2 Å². The number of fused-ring (bicyclic) bond motifs is 1. The SMILES string of the molecule is O=C([O-])CN(CC(=O)[O-])c1ccc(F)cc1OCCOc1cc2cc(-c3ncc(C(=O)[O-])o3)oc2cc1N(CC(=O)[O-])CC(=O)[O-].[K+].[K+].[K+].[K+].[K+]. The van der Waals surface area contributed by atoms with Crippen molar-refractivity contribution >= 4 is 52.2 Å². The molecule has 4 aromatic rings. The van der Waals surface area contributed by atoms with Gasteiger partial charge in [0, 0.05) is 17.5 Å². The minimum Gasteiger partial charge on any atom is -0.548 e. The van der Waals surface area contributed by atoms with Gasteiger partial charge in [-0.2, -0.15) is 0 Å². The quantitative estimate of drug-likeness (QED) is 0.0706. The number of aromatic nitrogens is 1. The first kappa shape index (κ1) is 55.0. The van der Waals surface area contributed by atoms with Crippen LogP contribution >= 0.6 is 0 Å². The molecular weight excluding hydrogens is 817 g/mol. The third kappa shape index (κ3) is 17.1. The average Bonchev–Trinajstić information content (AvgIpc) is 3.61. The fourth-order valence-electron chi connectivity index (χ4n) is 4.25. The number of rotatable bonds is 17. The Hall–Kier alpha value is 1.85. The molecule has 0 atom stereocenters. The minimum absolute atomic E-state index is 0. The Morgan fingerprint density at radius 2 is 1.16 bits per heavy atom. The van der Waals surface area contributed by atoms with E-state index in [2.05, 4.69) is 4.98 Å². The predicted octanol–water partition coefficient (Wildman–Crippen LogP) is -19.3. The fourth-order valence-corrected chi connectivity index (χ4v) is 4.25. The summed E-state index contributed by atoms with van der Waals surface area (Å²) >= 11 is 0. The van der Waals surface area contributed by atoms with Crippen LogP contribution in [-0.4, -0.2) is 74.2 Å². The van der Waals surface area contributed by atoms with Gasteiger partial charge < -0.3 is 77.6 Å². The topological polar surface area (TPSA) is 265 Å². The Bertz CT molecular complexity index is 1790. The Morgan fingerprint density at radius 1 is 0.667 bits per heavy atom. The molecular formula is C28H19FK5N3O14. The van der Waals surface area contributed by atoms with Crippen LogP contribution in [0.4, 0.5) is 15.8 Å². The van der Waals surface area contributed by atoms with Crippen molar-refractivity contribution in [1.29, 1.82) is 0 Å². The summed E-state index contributed by atoms with van der Waals surface area (Å²) in [5, 5.41) is 56.5. The first-order valence-corrected chi connectivity index (χ1v) is 12.9. The van der Waals surface area contributed by atoms with E-state index in [0.717, 1.165) is 34.2 Å². The Morgan fingerprint density at radius 3 is 1.63 bits per heavy atom. The van der Waals surface area contributed by atoms with E-state index < -0.39 is 67.6 Å². The van der Waals surface area contributed by atoms with Crippen LogP contribution in [0.15, 0.2) is 51.4 Å². The van der Waals surface area contributed by atoms with Crippen molar-refractivity contribution in [2.75, 3.05) is 49.2 Å². The van der Waals surface area contributed by atoms with Gasteiger partial charge in [0.2, 0.25) is 0 Å². The largest absolute Gasteiger partial charge is 1.00 e. The second kappa shape index (κ2) is 26.7. The maximum absolute atomic E-state index is 14.0. The summed E-state index contributed by atoms with van der Waals surface area (Å²) in [6.07, 6.45) is 0.889. The van der Waals surface area contributed by atoms with E-state index in [-0.39, 0.29) is 316 Å². The van der Waals surface area contributed by atoms with Gasteiger partial charge in [-0.15, -0.1) is 0 Å². The Balaban J connectivity index is 0. The number of hydrogen-bond donors (Lipinski definition) is 0. The van der Waals surface area contributed by atoms with E-state index in [9.17, 15) is 53.9 Å². The van der Waals surface area contributed by atoms with E-state index in [1.165, 1.54) is 18.2 Å². The number of carboxylic acid groups (broad SMARTS) is 5. The second-order valence-corrected chi connectivity index (χ2v) is 9.29. The van der Waals surface area contributed by atoms with Crippen molar-refractivity contribution in [3.63, 3.8) is 0 Å². The monoisotopic (exact) mass is 835 g/mol. The molecule has 17 nitrogen and oxygen atoms in total. The summed E-state index contributed by atoms with van der Waals surface area (Å²) in [6.45, 7) is -4.37. The number of carbonyl (C=O) groups excluding carboxylic acids is 5. The number of anilines is 2. The molecule has 4 rings (SSSR count). The molecule has 23 heteroatoms. The van der Waals surface area contributed by atoms with Crippen LogP contribution < -0.4 is 302 Å². The van der Waals surface area contributed by atoms with Gasteiger partial charge in [0.15, 0.2) is 11.5 Å². The smallest absolute Gasteiger partial charge is 0.548 e. The number of carbonyl (C=O) groups is 5. The number of aromatic carboxylic acids is 1. The summed E-state index contributed by atoms with van der Waals surface area (Å²) in [5.74, 6) is -10.3. The van der Waals surface area contributed by atoms with Crippen molar-refractivity contribution in [3.8, 4) is 23.1 Å². The van der Waals surface area contributed by atoms with E-state index in [1.54, 1.807) is 0 Å². The molecule has 51 heavy (non-hydrogen) atoms. The average molecular weight is 836 g/mol. The van der Waals surface area contributed by atoms with Crippen LogP contribution in [0.3, 0.4) is 0 Å². The number of aliphatic carboxylic acids is 4. The standard InChI is InChI=1S/C28H24FN3O14.5K/c29-15-1-2-16(31(10-23(33)34)11-24(35)36)20(7-15)44-4-3-43-19-5-14-6-21(27-30-9-22(46-27)28(41)42)45-18(14)8-17(19)32(12-25(37)38)13-26(39)40;;;;;/h1-2,5-9H,3-4,10-13H2,(H,33,34)(H,35,36)(H,37,38)(H,39,40)(H,41,42);;;;;/q;5*+1/p-5. The summed E-state index contributed by atoms with van der Waals surface area (Å²) in [4.78, 5) is 61.6. The molecule has 0 fully saturated rings. The van der Waals surface area contributed by atoms with Crippen molar-refractivity contribution in [1.82, 2.24) is 4.98 Å². The molecule has 0 amide bonds. The molecule has 0 saturated heterocycles. The third-order valence-electron chi connectivity index (χ3n) is 6.00. The normalized spacial score (nSPS) is 9.75. The van der Waals surface area contributed by atoms with Crippen LogP contribution in [0.2, 0.25) is 0 Å². The van der Waals surface area contributed by atoms with Gasteiger partial charge in [0.1, 0.15) is 42.1 Å². The van der Waals surface area contributed by atoms with Crippen molar-refractivity contribution in [2.45, 2.75) is 0 Å². The van der Waals surface area contributed by atoms with Crippen LogP contribution in [0.5, 0.6) is 11.5 Å². The Kier molecular flexibility index (Phi) is 28.8. The number of furan rings is 1. The van der Waals surface area contributed by atoms with Gasteiger partial charge in [-0.25, -0.2) is 9.37 Å². The molecule has 0 N–H and O–H groups in total. The van der Waals surface area contributed by atoms with E-state index in [1.807, 2.05) is 0 Å². The van der Waals surface area contributed by atoms with Crippen LogP contribution in [0.25, 0.3) is 22.6 Å². The molecule has 0 radical (unpaired) electrons. The fraction of sp³-hybridized carbons (Fsp3) is 0.214. The number of oxazole rings is 1. The van der Waals surface area contributed by atoms with Crippen LogP contribution in [0, 0.1) is 5.82 Å². The molecule has 242 valence electrons. The summed E-state index contributed by atoms with van der Waals surface area (Å²) < 4.78 is 36.0. The molecule has 0 spiro atoms. The molecule has 0 aliphatic carbocycles. The molecule has 0 aliphatic rings. The number of hydrogen-bond acceptors (Lipinski definition) is 17. The van der Waals surface area contributed by atoms with Gasteiger partial charge in [-0.05, 0) is 24.3 Å². The Labute approximate surface area is 500 Å². The van der Waals surface area contributed by atoms with Gasteiger partial charge >= 0.3 is 257 Å². The number of ether oxygens (including phenoxy) is 2. The molecule has 2 aromatic carbocycles. The van der Waals surface area contributed by atoms with E-state index >= 15 is 0 Å². The number of halogens is 1. The van der Waals surface area contributed by atoms with Crippen molar-refractivity contribution < 1.29 is 329 Å².